The number of aromatic nitrogens is 3. The molecule has 3 aromatic carbocycles. The highest BCUT2D eigenvalue weighted by Crippen LogP contribution is 2.21. The molecule has 0 saturated carbocycles. The van der Waals surface area contributed by atoms with Crippen molar-refractivity contribution in [3.8, 4) is 22.9 Å². The van der Waals surface area contributed by atoms with Crippen molar-refractivity contribution in [2.45, 2.75) is 25.9 Å². The zero-order chi connectivity index (χ0) is 25.2. The topological polar surface area (TPSA) is 106 Å². The SMILES string of the molecule is COc1ccc(CCNC(=O)CCc2nnc(-c3cccc(OCc4ccccc4)c3)[nH]c2=O)cc1. The van der Waals surface area contributed by atoms with Crippen molar-refractivity contribution in [3.63, 3.8) is 0 Å². The molecule has 0 aliphatic heterocycles. The summed E-state index contributed by atoms with van der Waals surface area (Å²) < 4.78 is 11.0. The van der Waals surface area contributed by atoms with Gasteiger partial charge in [-0.2, -0.15) is 0 Å². The van der Waals surface area contributed by atoms with E-state index in [1.165, 1.54) is 0 Å². The fourth-order valence-corrected chi connectivity index (χ4v) is 3.59. The van der Waals surface area contributed by atoms with Gasteiger partial charge in [-0.15, -0.1) is 10.2 Å². The van der Waals surface area contributed by atoms with Gasteiger partial charge in [-0.25, -0.2) is 0 Å². The van der Waals surface area contributed by atoms with Crippen LogP contribution in [0, 0.1) is 0 Å². The first-order valence-electron chi connectivity index (χ1n) is 11.7. The second-order valence-electron chi connectivity index (χ2n) is 8.20. The number of carbonyl (C=O) groups excluding carboxylic acids is 1. The summed E-state index contributed by atoms with van der Waals surface area (Å²) >= 11 is 0. The van der Waals surface area contributed by atoms with Gasteiger partial charge in [0.05, 0.1) is 7.11 Å². The minimum atomic E-state index is -0.360. The molecule has 1 amide bonds. The summed E-state index contributed by atoms with van der Waals surface area (Å²) in [4.78, 5) is 27.5. The highest BCUT2D eigenvalue weighted by atomic mass is 16.5. The number of aromatic amines is 1. The van der Waals surface area contributed by atoms with Gasteiger partial charge in [0.2, 0.25) is 5.91 Å². The van der Waals surface area contributed by atoms with E-state index in [9.17, 15) is 9.59 Å². The van der Waals surface area contributed by atoms with E-state index in [0.717, 1.165) is 16.9 Å². The molecule has 0 fully saturated rings. The summed E-state index contributed by atoms with van der Waals surface area (Å²) in [7, 11) is 1.62. The van der Waals surface area contributed by atoms with E-state index in [4.69, 9.17) is 9.47 Å². The lowest BCUT2D eigenvalue weighted by Gasteiger charge is -2.08. The maximum absolute atomic E-state index is 12.5. The molecule has 8 heteroatoms. The fraction of sp³-hybridized carbons (Fsp3) is 0.214. The van der Waals surface area contributed by atoms with E-state index in [-0.39, 0.29) is 30.0 Å². The van der Waals surface area contributed by atoms with E-state index < -0.39 is 0 Å². The van der Waals surface area contributed by atoms with E-state index in [1.54, 1.807) is 13.2 Å². The summed E-state index contributed by atoms with van der Waals surface area (Å²) in [5.74, 6) is 1.66. The van der Waals surface area contributed by atoms with Crippen LogP contribution in [0.1, 0.15) is 23.2 Å². The number of benzene rings is 3. The molecule has 0 saturated heterocycles. The number of carbonyl (C=O) groups is 1. The molecule has 0 aliphatic rings. The van der Waals surface area contributed by atoms with Gasteiger partial charge in [0.25, 0.3) is 5.56 Å². The van der Waals surface area contributed by atoms with Gasteiger partial charge in [-0.1, -0.05) is 54.6 Å². The Morgan fingerprint density at radius 1 is 0.889 bits per heavy atom. The zero-order valence-corrected chi connectivity index (χ0v) is 20.1. The Bertz CT molecular complexity index is 1340. The Hall–Kier alpha value is -4.46. The van der Waals surface area contributed by atoms with Crippen molar-refractivity contribution in [3.05, 3.63) is 106 Å². The normalized spacial score (nSPS) is 10.6. The zero-order valence-electron chi connectivity index (χ0n) is 20.1. The maximum atomic E-state index is 12.5. The Morgan fingerprint density at radius 2 is 1.69 bits per heavy atom. The Kier molecular flexibility index (Phi) is 8.43. The monoisotopic (exact) mass is 484 g/mol. The van der Waals surface area contributed by atoms with Crippen LogP contribution in [0.4, 0.5) is 0 Å². The van der Waals surface area contributed by atoms with Crippen LogP contribution in [0.5, 0.6) is 11.5 Å². The first kappa shape index (κ1) is 24.7. The van der Waals surface area contributed by atoms with E-state index in [1.807, 2.05) is 72.8 Å². The molecule has 36 heavy (non-hydrogen) atoms. The summed E-state index contributed by atoms with van der Waals surface area (Å²) in [6.07, 6.45) is 1.07. The lowest BCUT2D eigenvalue weighted by atomic mass is 10.1. The summed E-state index contributed by atoms with van der Waals surface area (Å²) in [5.41, 5.74) is 2.71. The van der Waals surface area contributed by atoms with Crippen LogP contribution in [-0.2, 0) is 24.2 Å². The third-order valence-corrected chi connectivity index (χ3v) is 5.60. The summed E-state index contributed by atoms with van der Waals surface area (Å²) in [6.45, 7) is 0.947. The minimum absolute atomic E-state index is 0.142. The lowest BCUT2D eigenvalue weighted by Crippen LogP contribution is -2.27. The molecule has 8 nitrogen and oxygen atoms in total. The average Bonchev–Trinajstić information content (AvgIpc) is 2.92. The maximum Gasteiger partial charge on any atom is 0.273 e. The van der Waals surface area contributed by atoms with Gasteiger partial charge >= 0.3 is 0 Å². The Labute approximate surface area is 209 Å². The number of aryl methyl sites for hydroxylation is 1. The third-order valence-electron chi connectivity index (χ3n) is 5.60. The van der Waals surface area contributed by atoms with Crippen molar-refractivity contribution in [1.29, 1.82) is 0 Å². The minimum Gasteiger partial charge on any atom is -0.497 e. The smallest absolute Gasteiger partial charge is 0.273 e. The largest absolute Gasteiger partial charge is 0.497 e. The fourth-order valence-electron chi connectivity index (χ4n) is 3.59. The molecule has 0 spiro atoms. The number of H-pyrrole nitrogens is 1. The van der Waals surface area contributed by atoms with Crippen LogP contribution < -0.4 is 20.3 Å². The molecule has 1 aromatic heterocycles. The summed E-state index contributed by atoms with van der Waals surface area (Å²) in [6, 6.07) is 24.9. The molecule has 0 unspecified atom stereocenters. The van der Waals surface area contributed by atoms with Gasteiger partial charge in [-0.3, -0.25) is 9.59 Å². The van der Waals surface area contributed by atoms with Crippen LogP contribution in [0.2, 0.25) is 0 Å². The highest BCUT2D eigenvalue weighted by molar-refractivity contribution is 5.76. The highest BCUT2D eigenvalue weighted by Gasteiger charge is 2.10. The average molecular weight is 485 g/mol. The number of hydrogen-bond acceptors (Lipinski definition) is 6. The molecule has 184 valence electrons. The second-order valence-corrected chi connectivity index (χ2v) is 8.20. The van der Waals surface area contributed by atoms with Gasteiger partial charge in [0.1, 0.15) is 23.8 Å². The third kappa shape index (κ3) is 7.02. The molecule has 0 aliphatic carbocycles. The predicted molar refractivity (Wildman–Crippen MR) is 137 cm³/mol. The van der Waals surface area contributed by atoms with E-state index in [2.05, 4.69) is 20.5 Å². The van der Waals surface area contributed by atoms with Crippen molar-refractivity contribution >= 4 is 5.91 Å². The van der Waals surface area contributed by atoms with Crippen LogP contribution in [-0.4, -0.2) is 34.7 Å². The number of ether oxygens (including phenoxy) is 2. The van der Waals surface area contributed by atoms with Gasteiger partial charge in [0.15, 0.2) is 5.82 Å². The molecular formula is C28H28N4O4. The van der Waals surface area contributed by atoms with Crippen LogP contribution in [0.15, 0.2) is 83.7 Å². The standard InChI is InChI=1S/C28H28N4O4/c1-35-23-12-10-20(11-13-23)16-17-29-26(33)15-14-25-28(34)30-27(32-31-25)22-8-5-9-24(18-22)36-19-21-6-3-2-4-7-21/h2-13,18H,14-17,19H2,1H3,(H,29,33)(H,30,32,34). The molecule has 4 aromatic rings. The van der Waals surface area contributed by atoms with E-state index >= 15 is 0 Å². The molecule has 1 heterocycles. The molecule has 2 N–H and O–H groups in total. The van der Waals surface area contributed by atoms with Crippen molar-refractivity contribution in [2.24, 2.45) is 0 Å². The summed E-state index contributed by atoms with van der Waals surface area (Å²) in [5, 5.41) is 11.1. The van der Waals surface area contributed by atoms with Gasteiger partial charge in [0, 0.05) is 24.9 Å². The number of amides is 1. The molecule has 4 rings (SSSR count). The van der Waals surface area contributed by atoms with Crippen molar-refractivity contribution < 1.29 is 14.3 Å². The second kappa shape index (κ2) is 12.3. The van der Waals surface area contributed by atoms with E-state index in [0.29, 0.717) is 36.7 Å². The molecular weight excluding hydrogens is 456 g/mol. The number of methoxy groups -OCH3 is 1. The number of rotatable bonds is 11. The quantitative estimate of drug-likeness (QED) is 0.336. The lowest BCUT2D eigenvalue weighted by molar-refractivity contribution is -0.121. The van der Waals surface area contributed by atoms with Crippen molar-refractivity contribution in [2.75, 3.05) is 13.7 Å². The van der Waals surface area contributed by atoms with Gasteiger partial charge in [-0.05, 0) is 41.8 Å². The predicted octanol–water partition coefficient (Wildman–Crippen LogP) is 3.71. The number of nitrogens with zero attached hydrogens (tertiary/aromatic N) is 2. The molecule has 0 atom stereocenters. The van der Waals surface area contributed by atoms with Crippen LogP contribution in [0.3, 0.4) is 0 Å². The van der Waals surface area contributed by atoms with Crippen LogP contribution in [0.25, 0.3) is 11.4 Å². The first-order chi connectivity index (χ1) is 17.6. The Balaban J connectivity index is 1.27. The number of hydrogen-bond donors (Lipinski definition) is 2. The first-order valence-corrected chi connectivity index (χ1v) is 11.7. The van der Waals surface area contributed by atoms with Gasteiger partial charge < -0.3 is 19.8 Å². The Morgan fingerprint density at radius 3 is 2.44 bits per heavy atom. The molecule has 0 bridgehead atoms. The van der Waals surface area contributed by atoms with Crippen molar-refractivity contribution in [1.82, 2.24) is 20.5 Å². The molecule has 0 radical (unpaired) electrons. The van der Waals surface area contributed by atoms with Crippen LogP contribution >= 0.6 is 0 Å². The number of nitrogens with one attached hydrogen (secondary N) is 2.